The number of aromatic nitrogens is 2. The first-order chi connectivity index (χ1) is 12.9. The molecule has 3 rings (SSSR count). The van der Waals surface area contributed by atoms with Gasteiger partial charge in [-0.05, 0) is 55.3 Å². The Morgan fingerprint density at radius 1 is 1.22 bits per heavy atom. The zero-order valence-electron chi connectivity index (χ0n) is 15.6. The molecule has 0 unspecified atom stereocenters. The van der Waals surface area contributed by atoms with Crippen molar-refractivity contribution in [2.45, 2.75) is 27.0 Å². The molecule has 0 aliphatic heterocycles. The number of nitrogens with one attached hydrogen (secondary N) is 1. The maximum absolute atomic E-state index is 12.5. The monoisotopic (exact) mass is 383 g/mol. The van der Waals surface area contributed by atoms with Gasteiger partial charge in [-0.2, -0.15) is 5.10 Å². The molecule has 3 aromatic rings. The van der Waals surface area contributed by atoms with E-state index in [-0.39, 0.29) is 5.91 Å². The minimum Gasteiger partial charge on any atom is -0.489 e. The van der Waals surface area contributed by atoms with Gasteiger partial charge in [-0.15, -0.1) is 0 Å². The molecule has 5 nitrogen and oxygen atoms in total. The number of hydrogen-bond acceptors (Lipinski definition) is 3. The van der Waals surface area contributed by atoms with Crippen molar-refractivity contribution < 1.29 is 9.53 Å². The van der Waals surface area contributed by atoms with Gasteiger partial charge >= 0.3 is 0 Å². The summed E-state index contributed by atoms with van der Waals surface area (Å²) in [7, 11) is 1.88. The van der Waals surface area contributed by atoms with Crippen LogP contribution in [0.4, 0.5) is 0 Å². The summed E-state index contributed by atoms with van der Waals surface area (Å²) in [5.74, 6) is 0.657. The molecule has 27 heavy (non-hydrogen) atoms. The highest BCUT2D eigenvalue weighted by molar-refractivity contribution is 6.30. The fourth-order valence-electron chi connectivity index (χ4n) is 2.73. The van der Waals surface area contributed by atoms with E-state index < -0.39 is 0 Å². The van der Waals surface area contributed by atoms with E-state index in [1.165, 1.54) is 0 Å². The van der Waals surface area contributed by atoms with Gasteiger partial charge in [0.15, 0.2) is 0 Å². The van der Waals surface area contributed by atoms with E-state index in [4.69, 9.17) is 16.3 Å². The van der Waals surface area contributed by atoms with Crippen LogP contribution in [0.15, 0.2) is 48.7 Å². The largest absolute Gasteiger partial charge is 0.489 e. The van der Waals surface area contributed by atoms with E-state index >= 15 is 0 Å². The van der Waals surface area contributed by atoms with Gasteiger partial charge in [0.1, 0.15) is 12.4 Å². The Balaban J connectivity index is 1.62. The Hall–Kier alpha value is -2.79. The molecule has 140 valence electrons. The van der Waals surface area contributed by atoms with E-state index in [2.05, 4.69) is 10.4 Å². The molecule has 6 heteroatoms. The first-order valence-electron chi connectivity index (χ1n) is 8.67. The van der Waals surface area contributed by atoms with Gasteiger partial charge in [-0.1, -0.05) is 23.7 Å². The van der Waals surface area contributed by atoms with E-state index in [0.717, 1.165) is 28.1 Å². The summed E-state index contributed by atoms with van der Waals surface area (Å²) in [4.78, 5) is 12.5. The average molecular weight is 384 g/mol. The van der Waals surface area contributed by atoms with Gasteiger partial charge in [0.25, 0.3) is 5.91 Å². The lowest BCUT2D eigenvalue weighted by Gasteiger charge is -2.11. The number of ether oxygens (including phenoxy) is 1. The lowest BCUT2D eigenvalue weighted by molar-refractivity contribution is 0.0950. The van der Waals surface area contributed by atoms with Crippen molar-refractivity contribution in [1.82, 2.24) is 15.1 Å². The smallest absolute Gasteiger partial charge is 0.251 e. The molecule has 1 N–H and O–H groups in total. The van der Waals surface area contributed by atoms with Crippen molar-refractivity contribution >= 4 is 17.5 Å². The second-order valence-electron chi connectivity index (χ2n) is 6.46. The number of nitrogens with zero attached hydrogens (tertiary/aromatic N) is 2. The zero-order valence-corrected chi connectivity index (χ0v) is 16.4. The number of benzene rings is 2. The molecule has 0 saturated carbocycles. The third-order valence-corrected chi connectivity index (χ3v) is 4.73. The number of amides is 1. The quantitative estimate of drug-likeness (QED) is 0.694. The highest BCUT2D eigenvalue weighted by Crippen LogP contribution is 2.23. The van der Waals surface area contributed by atoms with Gasteiger partial charge < -0.3 is 10.1 Å². The second-order valence-corrected chi connectivity index (χ2v) is 6.90. The van der Waals surface area contributed by atoms with Crippen LogP contribution in [0.1, 0.15) is 32.7 Å². The first-order valence-corrected chi connectivity index (χ1v) is 9.05. The fraction of sp³-hybridized carbons (Fsp3) is 0.238. The molecule has 0 radical (unpaired) electrons. The van der Waals surface area contributed by atoms with Crippen molar-refractivity contribution in [2.24, 2.45) is 7.05 Å². The van der Waals surface area contributed by atoms with Crippen LogP contribution in [0.25, 0.3) is 0 Å². The highest BCUT2D eigenvalue weighted by atomic mass is 35.5. The van der Waals surface area contributed by atoms with Crippen molar-refractivity contribution in [3.63, 3.8) is 0 Å². The molecule has 0 fully saturated rings. The predicted molar refractivity (Wildman–Crippen MR) is 106 cm³/mol. The predicted octanol–water partition coefficient (Wildman–Crippen LogP) is 4.20. The molecule has 1 heterocycles. The summed E-state index contributed by atoms with van der Waals surface area (Å²) in [6.45, 7) is 4.76. The number of hydrogen-bond donors (Lipinski definition) is 1. The molecule has 1 amide bonds. The molecule has 0 atom stereocenters. The van der Waals surface area contributed by atoms with E-state index in [1.807, 2.05) is 51.2 Å². The Kier molecular flexibility index (Phi) is 5.81. The lowest BCUT2D eigenvalue weighted by atomic mass is 10.1. The third kappa shape index (κ3) is 4.68. The van der Waals surface area contributed by atoms with Gasteiger partial charge in [0.2, 0.25) is 0 Å². The van der Waals surface area contributed by atoms with Crippen LogP contribution in [0.3, 0.4) is 0 Å². The minimum absolute atomic E-state index is 0.122. The maximum atomic E-state index is 12.5. The molecular weight excluding hydrogens is 362 g/mol. The summed E-state index contributed by atoms with van der Waals surface area (Å²) >= 11 is 5.97. The van der Waals surface area contributed by atoms with Crippen LogP contribution in [-0.2, 0) is 20.2 Å². The molecule has 1 aromatic heterocycles. The topological polar surface area (TPSA) is 56.1 Å². The normalized spacial score (nSPS) is 10.7. The first kappa shape index (κ1) is 19.0. The summed E-state index contributed by atoms with van der Waals surface area (Å²) in [5.41, 5.74) is 4.54. The molecular formula is C21H22ClN3O2. The molecule has 0 saturated heterocycles. The van der Waals surface area contributed by atoms with Crippen molar-refractivity contribution in [3.8, 4) is 5.75 Å². The summed E-state index contributed by atoms with van der Waals surface area (Å²) < 4.78 is 7.65. The minimum atomic E-state index is -0.122. The summed E-state index contributed by atoms with van der Waals surface area (Å²) in [6.07, 6.45) is 1.77. The van der Waals surface area contributed by atoms with E-state index in [9.17, 15) is 4.79 Å². The van der Waals surface area contributed by atoms with Gasteiger partial charge in [0.05, 0.1) is 6.20 Å². The SMILES string of the molecule is Cc1cc(Cl)ccc1OCc1cccc(C(=O)NCc2cnn(C)c2C)c1. The van der Waals surface area contributed by atoms with Crippen LogP contribution in [0.5, 0.6) is 5.75 Å². The Morgan fingerprint density at radius 3 is 2.74 bits per heavy atom. The van der Waals surface area contributed by atoms with Crippen LogP contribution < -0.4 is 10.1 Å². The summed E-state index contributed by atoms with van der Waals surface area (Å²) in [5, 5.41) is 7.81. The van der Waals surface area contributed by atoms with E-state index in [0.29, 0.717) is 23.7 Å². The van der Waals surface area contributed by atoms with Gasteiger partial charge in [0, 0.05) is 35.4 Å². The van der Waals surface area contributed by atoms with Crippen molar-refractivity contribution in [1.29, 1.82) is 0 Å². The molecule has 0 spiro atoms. The number of halogens is 1. The Labute approximate surface area is 163 Å². The third-order valence-electron chi connectivity index (χ3n) is 4.50. The number of aryl methyl sites for hydroxylation is 2. The van der Waals surface area contributed by atoms with Crippen molar-refractivity contribution in [3.05, 3.63) is 81.6 Å². The number of carbonyl (C=O) groups excluding carboxylic acids is 1. The van der Waals surface area contributed by atoms with Crippen LogP contribution in [0, 0.1) is 13.8 Å². The summed E-state index contributed by atoms with van der Waals surface area (Å²) in [6, 6.07) is 12.9. The fourth-order valence-corrected chi connectivity index (χ4v) is 2.96. The number of carbonyl (C=O) groups is 1. The van der Waals surface area contributed by atoms with Crippen LogP contribution in [-0.4, -0.2) is 15.7 Å². The van der Waals surface area contributed by atoms with Crippen molar-refractivity contribution in [2.75, 3.05) is 0 Å². The standard InChI is InChI=1S/C21H22ClN3O2/c1-14-9-19(22)7-8-20(14)27-13-16-5-4-6-17(10-16)21(26)23-11-18-12-24-25(3)15(18)2/h4-10,12H,11,13H2,1-3H3,(H,23,26). The van der Waals surface area contributed by atoms with Crippen LogP contribution in [0.2, 0.25) is 5.02 Å². The zero-order chi connectivity index (χ0) is 19.4. The Morgan fingerprint density at radius 2 is 2.04 bits per heavy atom. The van der Waals surface area contributed by atoms with Gasteiger partial charge in [-0.25, -0.2) is 0 Å². The second kappa shape index (κ2) is 8.27. The Bertz CT molecular complexity index is 966. The molecule has 0 aliphatic rings. The molecule has 0 aliphatic carbocycles. The van der Waals surface area contributed by atoms with Crippen LogP contribution >= 0.6 is 11.6 Å². The highest BCUT2D eigenvalue weighted by Gasteiger charge is 2.09. The molecule has 2 aromatic carbocycles. The van der Waals surface area contributed by atoms with E-state index in [1.54, 1.807) is 23.0 Å². The lowest BCUT2D eigenvalue weighted by Crippen LogP contribution is -2.23. The molecule has 0 bridgehead atoms. The maximum Gasteiger partial charge on any atom is 0.251 e. The average Bonchev–Trinajstić information content (AvgIpc) is 2.97. The van der Waals surface area contributed by atoms with Gasteiger partial charge in [-0.3, -0.25) is 9.48 Å². The number of rotatable bonds is 6.